The third-order valence-corrected chi connectivity index (χ3v) is 4.21. The second kappa shape index (κ2) is 9.76. The van der Waals surface area contributed by atoms with Gasteiger partial charge in [0.25, 0.3) is 0 Å². The van der Waals surface area contributed by atoms with E-state index in [0.717, 1.165) is 23.1 Å². The molecular formula is C20H32O. The summed E-state index contributed by atoms with van der Waals surface area (Å²) in [6.45, 7) is 8.45. The Kier molecular flexibility index (Phi) is 8.34. The molecule has 0 spiro atoms. The molecule has 0 bridgehead atoms. The maximum atomic E-state index is 12.4. The second-order valence-electron chi connectivity index (χ2n) is 6.42. The van der Waals surface area contributed by atoms with Crippen LogP contribution in [0.2, 0.25) is 0 Å². The summed E-state index contributed by atoms with van der Waals surface area (Å²) in [7, 11) is 0. The Morgan fingerprint density at radius 3 is 1.81 bits per heavy atom. The van der Waals surface area contributed by atoms with E-state index in [4.69, 9.17) is 0 Å². The Hall–Kier alpha value is -1.11. The molecule has 1 aromatic rings. The van der Waals surface area contributed by atoms with Crippen molar-refractivity contribution in [2.45, 2.75) is 85.5 Å². The lowest BCUT2D eigenvalue weighted by Gasteiger charge is -2.10. The Morgan fingerprint density at radius 2 is 1.29 bits per heavy atom. The molecule has 0 aliphatic heterocycles. The van der Waals surface area contributed by atoms with Gasteiger partial charge in [-0.3, -0.25) is 4.79 Å². The summed E-state index contributed by atoms with van der Waals surface area (Å²) < 4.78 is 0. The average Bonchev–Trinajstić information content (AvgIpc) is 2.40. The number of ketones is 1. The fourth-order valence-corrected chi connectivity index (χ4v) is 3.16. The smallest absolute Gasteiger partial charge is 0.163 e. The average molecular weight is 288 g/mol. The third-order valence-electron chi connectivity index (χ3n) is 4.21. The minimum absolute atomic E-state index is 0.330. The highest BCUT2D eigenvalue weighted by atomic mass is 16.1. The van der Waals surface area contributed by atoms with E-state index in [-0.39, 0.29) is 0 Å². The molecule has 0 saturated carbocycles. The van der Waals surface area contributed by atoms with Crippen LogP contribution >= 0.6 is 0 Å². The van der Waals surface area contributed by atoms with Gasteiger partial charge in [0.2, 0.25) is 0 Å². The maximum absolute atomic E-state index is 12.4. The molecule has 1 heteroatoms. The quantitative estimate of drug-likeness (QED) is 0.363. The van der Waals surface area contributed by atoms with E-state index in [9.17, 15) is 4.79 Å². The lowest BCUT2D eigenvalue weighted by atomic mass is 9.94. The van der Waals surface area contributed by atoms with Crippen molar-refractivity contribution >= 4 is 5.78 Å². The van der Waals surface area contributed by atoms with Gasteiger partial charge in [0.05, 0.1) is 0 Å². The first kappa shape index (κ1) is 17.9. The van der Waals surface area contributed by atoms with Crippen molar-refractivity contribution in [2.75, 3.05) is 0 Å². The molecule has 0 aromatic heterocycles. The minimum atomic E-state index is 0.330. The van der Waals surface area contributed by atoms with E-state index < -0.39 is 0 Å². The van der Waals surface area contributed by atoms with Crippen LogP contribution in [0.15, 0.2) is 12.1 Å². The number of unbranched alkanes of at least 4 members (excludes halogenated alkanes) is 7. The SMILES string of the molecule is CCCCCCCCCCC(=O)c1c(C)cc(C)cc1C. The van der Waals surface area contributed by atoms with Crippen LogP contribution in [0, 0.1) is 20.8 Å². The van der Waals surface area contributed by atoms with Gasteiger partial charge in [0, 0.05) is 12.0 Å². The van der Waals surface area contributed by atoms with Crippen LogP contribution < -0.4 is 0 Å². The van der Waals surface area contributed by atoms with Gasteiger partial charge in [-0.2, -0.15) is 0 Å². The van der Waals surface area contributed by atoms with Crippen molar-refractivity contribution in [1.82, 2.24) is 0 Å². The van der Waals surface area contributed by atoms with Gasteiger partial charge >= 0.3 is 0 Å². The molecule has 1 nitrogen and oxygen atoms in total. The number of carbonyl (C=O) groups excluding carboxylic acids is 1. The minimum Gasteiger partial charge on any atom is -0.294 e. The summed E-state index contributed by atoms with van der Waals surface area (Å²) in [5.74, 6) is 0.330. The molecule has 0 atom stereocenters. The number of Topliss-reactive ketones (excluding diaryl/α,β-unsaturated/α-hetero) is 1. The third kappa shape index (κ3) is 6.46. The topological polar surface area (TPSA) is 17.1 Å². The van der Waals surface area contributed by atoms with Crippen LogP contribution in [0.4, 0.5) is 0 Å². The summed E-state index contributed by atoms with van der Waals surface area (Å²) in [5, 5.41) is 0. The summed E-state index contributed by atoms with van der Waals surface area (Å²) in [5.41, 5.74) is 4.48. The second-order valence-corrected chi connectivity index (χ2v) is 6.42. The van der Waals surface area contributed by atoms with Gasteiger partial charge < -0.3 is 0 Å². The fourth-order valence-electron chi connectivity index (χ4n) is 3.16. The Bertz CT molecular complexity index is 422. The van der Waals surface area contributed by atoms with E-state index in [1.54, 1.807) is 0 Å². The van der Waals surface area contributed by atoms with Gasteiger partial charge in [-0.05, 0) is 38.3 Å². The number of hydrogen-bond acceptors (Lipinski definition) is 1. The summed E-state index contributed by atoms with van der Waals surface area (Å²) in [6.07, 6.45) is 11.0. The molecule has 118 valence electrons. The van der Waals surface area contributed by atoms with Crippen LogP contribution in [-0.2, 0) is 0 Å². The predicted molar refractivity (Wildman–Crippen MR) is 92.2 cm³/mol. The van der Waals surface area contributed by atoms with E-state index in [1.807, 2.05) is 0 Å². The lowest BCUT2D eigenvalue weighted by molar-refractivity contribution is 0.0978. The van der Waals surface area contributed by atoms with Crippen molar-refractivity contribution in [3.8, 4) is 0 Å². The van der Waals surface area contributed by atoms with Gasteiger partial charge in [0.15, 0.2) is 5.78 Å². The zero-order valence-corrected chi connectivity index (χ0v) is 14.4. The van der Waals surface area contributed by atoms with E-state index in [2.05, 4.69) is 39.8 Å². The number of aryl methyl sites for hydroxylation is 3. The van der Waals surface area contributed by atoms with E-state index >= 15 is 0 Å². The first-order valence-corrected chi connectivity index (χ1v) is 8.67. The van der Waals surface area contributed by atoms with Gasteiger partial charge in [-0.15, -0.1) is 0 Å². The maximum Gasteiger partial charge on any atom is 0.163 e. The highest BCUT2D eigenvalue weighted by Crippen LogP contribution is 2.19. The zero-order valence-electron chi connectivity index (χ0n) is 14.4. The van der Waals surface area contributed by atoms with Crippen LogP contribution in [0.25, 0.3) is 0 Å². The molecular weight excluding hydrogens is 256 g/mol. The summed E-state index contributed by atoms with van der Waals surface area (Å²) >= 11 is 0. The normalized spacial score (nSPS) is 10.9. The van der Waals surface area contributed by atoms with Crippen LogP contribution in [-0.4, -0.2) is 5.78 Å². The van der Waals surface area contributed by atoms with Gasteiger partial charge in [-0.25, -0.2) is 0 Å². The van der Waals surface area contributed by atoms with Gasteiger partial charge in [0.1, 0.15) is 0 Å². The van der Waals surface area contributed by atoms with Crippen molar-refractivity contribution in [3.05, 3.63) is 34.4 Å². The Balaban J connectivity index is 2.29. The summed E-state index contributed by atoms with van der Waals surface area (Å²) in [4.78, 5) is 12.4. The predicted octanol–water partition coefficient (Wildman–Crippen LogP) is 6.33. The molecule has 21 heavy (non-hydrogen) atoms. The molecule has 1 rings (SSSR count). The lowest BCUT2D eigenvalue weighted by Crippen LogP contribution is -2.05. The number of benzene rings is 1. The number of hydrogen-bond donors (Lipinski definition) is 0. The Labute approximate surface area is 131 Å². The van der Waals surface area contributed by atoms with Gasteiger partial charge in [-0.1, -0.05) is 69.6 Å². The monoisotopic (exact) mass is 288 g/mol. The Morgan fingerprint density at radius 1 is 0.810 bits per heavy atom. The molecule has 1 aromatic carbocycles. The standard InChI is InChI=1S/C20H32O/c1-5-6-7-8-9-10-11-12-13-19(21)20-17(3)14-16(2)15-18(20)4/h14-15H,5-13H2,1-4H3. The highest BCUT2D eigenvalue weighted by Gasteiger charge is 2.12. The van der Waals surface area contributed by atoms with Crippen LogP contribution in [0.3, 0.4) is 0 Å². The molecule has 0 aliphatic carbocycles. The van der Waals surface area contributed by atoms with E-state index in [0.29, 0.717) is 12.2 Å². The van der Waals surface area contributed by atoms with Crippen LogP contribution in [0.5, 0.6) is 0 Å². The molecule has 0 amide bonds. The highest BCUT2D eigenvalue weighted by molar-refractivity contribution is 5.98. The van der Waals surface area contributed by atoms with Crippen molar-refractivity contribution < 1.29 is 4.79 Å². The molecule has 0 heterocycles. The number of carbonyl (C=O) groups is 1. The first-order valence-electron chi connectivity index (χ1n) is 8.67. The molecule has 0 N–H and O–H groups in total. The zero-order chi connectivity index (χ0) is 15.7. The molecule has 0 aliphatic rings. The van der Waals surface area contributed by atoms with E-state index in [1.165, 1.54) is 50.5 Å². The van der Waals surface area contributed by atoms with Crippen molar-refractivity contribution in [2.24, 2.45) is 0 Å². The largest absolute Gasteiger partial charge is 0.294 e. The van der Waals surface area contributed by atoms with Crippen molar-refractivity contribution in [3.63, 3.8) is 0 Å². The fraction of sp³-hybridized carbons (Fsp3) is 0.650. The van der Waals surface area contributed by atoms with Crippen molar-refractivity contribution in [1.29, 1.82) is 0 Å². The molecule has 0 unspecified atom stereocenters. The molecule has 0 saturated heterocycles. The first-order chi connectivity index (χ1) is 10.1. The van der Waals surface area contributed by atoms with Crippen LogP contribution in [0.1, 0.15) is 91.8 Å². The molecule has 0 fully saturated rings. The summed E-state index contributed by atoms with van der Waals surface area (Å²) in [6, 6.07) is 4.24. The molecule has 0 radical (unpaired) electrons. The number of rotatable bonds is 10.